The summed E-state index contributed by atoms with van der Waals surface area (Å²) < 4.78 is 65.7. The number of thiophene rings is 1. The van der Waals surface area contributed by atoms with E-state index in [1.807, 2.05) is 0 Å². The standard InChI is InChI=1S/C22H14F4O3S/c23-19-7-15(8-20-18(19)6-13(10-27)11-29-20)28-12-16-9-17(14-4-2-1-3-5-14)21(30-16)22(24,25)26/h1-10H,11-12H2. The van der Waals surface area contributed by atoms with Crippen molar-refractivity contribution in [3.05, 3.63) is 75.2 Å². The zero-order valence-corrected chi connectivity index (χ0v) is 16.1. The number of fused-ring (bicyclic) bond motifs is 1. The van der Waals surface area contributed by atoms with Crippen LogP contribution in [0.4, 0.5) is 17.6 Å². The van der Waals surface area contributed by atoms with Gasteiger partial charge in [-0.2, -0.15) is 13.2 Å². The van der Waals surface area contributed by atoms with E-state index in [2.05, 4.69) is 0 Å². The van der Waals surface area contributed by atoms with Crippen LogP contribution in [0.1, 0.15) is 15.3 Å². The molecule has 0 atom stereocenters. The van der Waals surface area contributed by atoms with Gasteiger partial charge in [-0.05, 0) is 17.7 Å². The van der Waals surface area contributed by atoms with Gasteiger partial charge >= 0.3 is 6.18 Å². The molecule has 1 aliphatic rings. The van der Waals surface area contributed by atoms with E-state index in [0.29, 0.717) is 33.6 Å². The summed E-state index contributed by atoms with van der Waals surface area (Å²) in [5, 5.41) is 0. The van der Waals surface area contributed by atoms with Crippen molar-refractivity contribution in [3.8, 4) is 22.6 Å². The van der Waals surface area contributed by atoms with Crippen molar-refractivity contribution in [2.24, 2.45) is 0 Å². The smallest absolute Gasteiger partial charge is 0.426 e. The molecule has 0 saturated heterocycles. The first-order valence-corrected chi connectivity index (χ1v) is 9.67. The highest BCUT2D eigenvalue weighted by Gasteiger charge is 2.36. The number of hydrogen-bond acceptors (Lipinski definition) is 4. The molecule has 0 radical (unpaired) electrons. The number of rotatable bonds is 5. The van der Waals surface area contributed by atoms with Gasteiger partial charge in [0.15, 0.2) is 0 Å². The summed E-state index contributed by atoms with van der Waals surface area (Å²) >= 11 is 0.593. The Morgan fingerprint density at radius 1 is 1.13 bits per heavy atom. The second-order valence-corrected chi connectivity index (χ2v) is 7.69. The topological polar surface area (TPSA) is 35.5 Å². The number of halogens is 4. The zero-order valence-electron chi connectivity index (χ0n) is 15.3. The van der Waals surface area contributed by atoms with E-state index in [9.17, 15) is 22.4 Å². The number of ether oxygens (including phenoxy) is 2. The van der Waals surface area contributed by atoms with E-state index >= 15 is 0 Å². The first kappa shape index (κ1) is 20.2. The Morgan fingerprint density at radius 3 is 2.60 bits per heavy atom. The number of alkyl halides is 3. The molecule has 3 aromatic rings. The largest absolute Gasteiger partial charge is 0.488 e. The van der Waals surface area contributed by atoms with Crippen LogP contribution in [0.5, 0.6) is 11.5 Å². The van der Waals surface area contributed by atoms with Gasteiger partial charge in [0.05, 0.1) is 5.56 Å². The highest BCUT2D eigenvalue weighted by atomic mass is 32.1. The maximum atomic E-state index is 14.3. The van der Waals surface area contributed by atoms with Crippen LogP contribution in [0, 0.1) is 5.82 Å². The third kappa shape index (κ3) is 4.09. The average molecular weight is 434 g/mol. The molecule has 3 nitrogen and oxygen atoms in total. The molecule has 0 bridgehead atoms. The molecular formula is C22H14F4O3S. The first-order valence-electron chi connectivity index (χ1n) is 8.85. The van der Waals surface area contributed by atoms with Crippen LogP contribution in [0.15, 0.2) is 54.1 Å². The molecule has 0 N–H and O–H groups in total. The molecule has 2 aromatic carbocycles. The molecule has 0 fully saturated rings. The maximum Gasteiger partial charge on any atom is 0.426 e. The minimum Gasteiger partial charge on any atom is -0.488 e. The van der Waals surface area contributed by atoms with Gasteiger partial charge in [-0.25, -0.2) is 4.39 Å². The van der Waals surface area contributed by atoms with Gasteiger partial charge in [0.25, 0.3) is 0 Å². The molecule has 8 heteroatoms. The summed E-state index contributed by atoms with van der Waals surface area (Å²) in [5.41, 5.74) is 0.982. The molecule has 0 spiro atoms. The second kappa shape index (κ2) is 7.95. The first-order chi connectivity index (χ1) is 14.3. The van der Waals surface area contributed by atoms with Crippen molar-refractivity contribution in [2.45, 2.75) is 12.8 Å². The fraction of sp³-hybridized carbons (Fsp3) is 0.136. The number of carbonyl (C=O) groups is 1. The van der Waals surface area contributed by atoms with Gasteiger partial charge in [0.2, 0.25) is 0 Å². The lowest BCUT2D eigenvalue weighted by Crippen LogP contribution is -2.09. The number of carbonyl (C=O) groups excluding carboxylic acids is 1. The maximum absolute atomic E-state index is 14.3. The Balaban J connectivity index is 1.59. The van der Waals surface area contributed by atoms with Crippen molar-refractivity contribution in [2.75, 3.05) is 6.61 Å². The lowest BCUT2D eigenvalue weighted by Gasteiger charge is -2.17. The molecule has 0 aliphatic carbocycles. The van der Waals surface area contributed by atoms with Crippen LogP contribution in [0.25, 0.3) is 17.2 Å². The third-order valence-corrected chi connectivity index (χ3v) is 5.60. The molecule has 2 heterocycles. The lowest BCUT2D eigenvalue weighted by atomic mass is 10.1. The predicted molar refractivity (Wildman–Crippen MR) is 105 cm³/mol. The molecule has 30 heavy (non-hydrogen) atoms. The normalized spacial score (nSPS) is 13.3. The summed E-state index contributed by atoms with van der Waals surface area (Å²) in [6.45, 7) is -0.145. The molecule has 0 amide bonds. The quantitative estimate of drug-likeness (QED) is 0.358. The molecule has 0 unspecified atom stereocenters. The highest BCUT2D eigenvalue weighted by Crippen LogP contribution is 2.43. The monoisotopic (exact) mass is 434 g/mol. The van der Waals surface area contributed by atoms with Gasteiger partial charge in [-0.15, -0.1) is 11.3 Å². The summed E-state index contributed by atoms with van der Waals surface area (Å²) in [6.07, 6.45) is -2.51. The van der Waals surface area contributed by atoms with Crippen LogP contribution in [0.2, 0.25) is 0 Å². The Hall–Kier alpha value is -3.13. The fourth-order valence-corrected chi connectivity index (χ4v) is 4.04. The van der Waals surface area contributed by atoms with Crippen molar-refractivity contribution < 1.29 is 31.8 Å². The summed E-state index contributed by atoms with van der Waals surface area (Å²) in [5.74, 6) is -0.311. The zero-order chi connectivity index (χ0) is 21.3. The van der Waals surface area contributed by atoms with Crippen LogP contribution in [0.3, 0.4) is 0 Å². The van der Waals surface area contributed by atoms with Gasteiger partial charge in [0.1, 0.15) is 41.7 Å². The van der Waals surface area contributed by atoms with Gasteiger partial charge < -0.3 is 9.47 Å². The minimum atomic E-state index is -4.50. The summed E-state index contributed by atoms with van der Waals surface area (Å²) in [7, 11) is 0. The summed E-state index contributed by atoms with van der Waals surface area (Å²) in [6, 6.07) is 12.3. The Morgan fingerprint density at radius 2 is 1.90 bits per heavy atom. The highest BCUT2D eigenvalue weighted by molar-refractivity contribution is 7.12. The van der Waals surface area contributed by atoms with E-state index in [4.69, 9.17) is 9.47 Å². The summed E-state index contributed by atoms with van der Waals surface area (Å²) in [4.78, 5) is 10.5. The SMILES string of the molecule is O=CC1=Cc2c(F)cc(OCc3cc(-c4ccccc4)c(C(F)(F)F)s3)cc2OC1. The Kier molecular flexibility index (Phi) is 5.34. The van der Waals surface area contributed by atoms with Crippen molar-refractivity contribution >= 4 is 23.7 Å². The lowest BCUT2D eigenvalue weighted by molar-refractivity contribution is -0.133. The number of hydrogen-bond donors (Lipinski definition) is 0. The molecular weight excluding hydrogens is 420 g/mol. The Labute approximate surface area is 173 Å². The van der Waals surface area contributed by atoms with Gasteiger partial charge in [0, 0.05) is 28.1 Å². The number of aldehydes is 1. The van der Waals surface area contributed by atoms with E-state index in [1.54, 1.807) is 30.3 Å². The van der Waals surface area contributed by atoms with Crippen molar-refractivity contribution in [1.29, 1.82) is 0 Å². The Bertz CT molecular complexity index is 1120. The second-order valence-electron chi connectivity index (χ2n) is 6.55. The van der Waals surface area contributed by atoms with Crippen LogP contribution >= 0.6 is 11.3 Å². The molecule has 1 aromatic heterocycles. The fourth-order valence-electron chi connectivity index (χ4n) is 3.08. The van der Waals surface area contributed by atoms with E-state index in [1.165, 1.54) is 18.2 Å². The van der Waals surface area contributed by atoms with Crippen molar-refractivity contribution in [3.63, 3.8) is 0 Å². The molecule has 154 valence electrons. The average Bonchev–Trinajstić information content (AvgIpc) is 3.18. The molecule has 0 saturated carbocycles. The molecule has 1 aliphatic heterocycles. The number of benzene rings is 2. The predicted octanol–water partition coefficient (Wildman–Crippen LogP) is 6.13. The van der Waals surface area contributed by atoms with E-state index < -0.39 is 16.9 Å². The minimum absolute atomic E-state index is 0.0136. The molecule has 4 rings (SSSR count). The van der Waals surface area contributed by atoms with E-state index in [0.717, 1.165) is 6.07 Å². The van der Waals surface area contributed by atoms with Crippen LogP contribution in [-0.4, -0.2) is 12.9 Å². The van der Waals surface area contributed by atoms with Gasteiger partial charge in [-0.1, -0.05) is 30.3 Å². The third-order valence-electron chi connectivity index (χ3n) is 4.45. The van der Waals surface area contributed by atoms with Gasteiger partial charge in [-0.3, -0.25) is 4.79 Å². The van der Waals surface area contributed by atoms with Crippen LogP contribution in [-0.2, 0) is 17.6 Å². The van der Waals surface area contributed by atoms with Crippen LogP contribution < -0.4 is 9.47 Å². The van der Waals surface area contributed by atoms with E-state index in [-0.39, 0.29) is 35.8 Å². The van der Waals surface area contributed by atoms with Crippen molar-refractivity contribution in [1.82, 2.24) is 0 Å².